The SMILES string of the molecule is Cc1ccc(S(=O)(=O)N2CCN(C(=O)C[C@H]3OC(=O)c4ccccc43)CC2)s1. The van der Waals surface area contributed by atoms with Crippen molar-refractivity contribution < 1.29 is 22.7 Å². The van der Waals surface area contributed by atoms with Gasteiger partial charge in [-0.2, -0.15) is 4.31 Å². The van der Waals surface area contributed by atoms with E-state index in [-0.39, 0.29) is 25.4 Å². The molecule has 0 spiro atoms. The van der Waals surface area contributed by atoms with Crippen molar-refractivity contribution in [2.75, 3.05) is 26.2 Å². The first-order chi connectivity index (χ1) is 13.4. The molecule has 0 saturated carbocycles. The molecule has 28 heavy (non-hydrogen) atoms. The van der Waals surface area contributed by atoms with Gasteiger partial charge in [-0.25, -0.2) is 13.2 Å². The van der Waals surface area contributed by atoms with Gasteiger partial charge >= 0.3 is 5.97 Å². The van der Waals surface area contributed by atoms with E-state index in [1.54, 1.807) is 35.2 Å². The van der Waals surface area contributed by atoms with Crippen molar-refractivity contribution in [2.24, 2.45) is 0 Å². The van der Waals surface area contributed by atoms with Crippen LogP contribution in [0.25, 0.3) is 0 Å². The molecule has 0 aliphatic carbocycles. The van der Waals surface area contributed by atoms with Crippen LogP contribution in [0, 0.1) is 6.92 Å². The zero-order valence-electron chi connectivity index (χ0n) is 15.3. The van der Waals surface area contributed by atoms with Gasteiger partial charge in [0.1, 0.15) is 10.3 Å². The second-order valence-corrected chi connectivity index (χ2v) is 10.3. The minimum Gasteiger partial charge on any atom is -0.453 e. The summed E-state index contributed by atoms with van der Waals surface area (Å²) in [7, 11) is -3.52. The normalized spacial score (nSPS) is 20.1. The number of aryl methyl sites for hydroxylation is 1. The van der Waals surface area contributed by atoms with Crippen LogP contribution in [-0.2, 0) is 19.6 Å². The zero-order chi connectivity index (χ0) is 19.9. The number of nitrogens with zero attached hydrogens (tertiary/aromatic N) is 2. The number of ether oxygens (including phenoxy) is 1. The number of benzene rings is 1. The van der Waals surface area contributed by atoms with E-state index in [0.717, 1.165) is 10.4 Å². The summed E-state index contributed by atoms with van der Waals surface area (Å²) in [5, 5.41) is 0. The number of amides is 1. The van der Waals surface area contributed by atoms with Gasteiger partial charge < -0.3 is 9.64 Å². The van der Waals surface area contributed by atoms with Crippen molar-refractivity contribution >= 4 is 33.2 Å². The summed E-state index contributed by atoms with van der Waals surface area (Å²) >= 11 is 1.25. The monoisotopic (exact) mass is 420 g/mol. The van der Waals surface area contributed by atoms with Gasteiger partial charge in [-0.3, -0.25) is 4.79 Å². The Morgan fingerprint density at radius 2 is 1.86 bits per heavy atom. The Bertz CT molecular complexity index is 1020. The van der Waals surface area contributed by atoms with Crippen molar-refractivity contribution in [3.63, 3.8) is 0 Å². The third kappa shape index (κ3) is 3.45. The minimum absolute atomic E-state index is 0.0691. The second-order valence-electron chi connectivity index (χ2n) is 6.84. The first-order valence-corrected chi connectivity index (χ1v) is 11.3. The fraction of sp³-hybridized carbons (Fsp3) is 0.368. The molecule has 9 heteroatoms. The van der Waals surface area contributed by atoms with Crippen LogP contribution in [0.5, 0.6) is 0 Å². The Balaban J connectivity index is 1.38. The number of rotatable bonds is 4. The molecular weight excluding hydrogens is 400 g/mol. The summed E-state index contributed by atoms with van der Waals surface area (Å²) in [6.45, 7) is 3.03. The number of cyclic esters (lactones) is 1. The van der Waals surface area contributed by atoms with E-state index < -0.39 is 22.1 Å². The highest BCUT2D eigenvalue weighted by atomic mass is 32.2. The van der Waals surface area contributed by atoms with E-state index in [2.05, 4.69) is 0 Å². The predicted molar refractivity (Wildman–Crippen MR) is 104 cm³/mol. The molecule has 1 aromatic carbocycles. The van der Waals surface area contributed by atoms with Gasteiger partial charge in [0, 0.05) is 36.6 Å². The van der Waals surface area contributed by atoms with Gasteiger partial charge in [0.05, 0.1) is 12.0 Å². The molecule has 1 aromatic heterocycles. The van der Waals surface area contributed by atoms with Crippen LogP contribution in [0.2, 0.25) is 0 Å². The lowest BCUT2D eigenvalue weighted by atomic mass is 10.0. The van der Waals surface area contributed by atoms with Gasteiger partial charge in [-0.05, 0) is 25.1 Å². The summed E-state index contributed by atoms with van der Waals surface area (Å²) < 4.78 is 32.5. The standard InChI is InChI=1S/C19H20N2O5S2/c1-13-6-7-18(27-13)28(24,25)21-10-8-20(9-11-21)17(22)12-16-14-4-2-3-5-15(14)19(23)26-16/h2-7,16H,8-12H2,1H3/t16-/m1/s1. The lowest BCUT2D eigenvalue weighted by Crippen LogP contribution is -2.50. The fourth-order valence-electron chi connectivity index (χ4n) is 3.52. The quantitative estimate of drug-likeness (QED) is 0.708. The zero-order valence-corrected chi connectivity index (χ0v) is 17.0. The van der Waals surface area contributed by atoms with E-state index in [4.69, 9.17) is 4.74 Å². The molecule has 3 heterocycles. The molecule has 1 atom stereocenters. The first-order valence-electron chi connectivity index (χ1n) is 9.00. The number of hydrogen-bond donors (Lipinski definition) is 0. The number of carbonyl (C=O) groups excluding carboxylic acids is 2. The number of esters is 1. The number of thiophene rings is 1. The Labute approximate surface area is 167 Å². The highest BCUT2D eigenvalue weighted by molar-refractivity contribution is 7.91. The van der Waals surface area contributed by atoms with E-state index in [9.17, 15) is 18.0 Å². The largest absolute Gasteiger partial charge is 0.453 e. The van der Waals surface area contributed by atoms with Crippen LogP contribution in [-0.4, -0.2) is 55.7 Å². The topological polar surface area (TPSA) is 84.0 Å². The molecule has 0 unspecified atom stereocenters. The van der Waals surface area contributed by atoms with E-state index in [1.807, 2.05) is 13.0 Å². The van der Waals surface area contributed by atoms with Crippen LogP contribution in [0.4, 0.5) is 0 Å². The molecule has 2 aromatic rings. The molecule has 1 amide bonds. The van der Waals surface area contributed by atoms with Crippen molar-refractivity contribution in [2.45, 2.75) is 23.7 Å². The Kier molecular flexibility index (Phi) is 4.98. The van der Waals surface area contributed by atoms with E-state index in [0.29, 0.717) is 22.9 Å². The van der Waals surface area contributed by atoms with Gasteiger partial charge in [0.2, 0.25) is 5.91 Å². The molecule has 1 saturated heterocycles. The number of fused-ring (bicyclic) bond motifs is 1. The average Bonchev–Trinajstić information content (AvgIpc) is 3.26. The van der Waals surface area contributed by atoms with Crippen molar-refractivity contribution in [3.8, 4) is 0 Å². The summed E-state index contributed by atoms with van der Waals surface area (Å²) in [5.74, 6) is -0.547. The molecule has 2 aliphatic heterocycles. The number of carbonyl (C=O) groups is 2. The maximum atomic E-state index is 12.7. The highest BCUT2D eigenvalue weighted by Gasteiger charge is 2.35. The van der Waals surface area contributed by atoms with Crippen molar-refractivity contribution in [3.05, 3.63) is 52.4 Å². The minimum atomic E-state index is -3.52. The van der Waals surface area contributed by atoms with E-state index >= 15 is 0 Å². The molecule has 7 nitrogen and oxygen atoms in total. The van der Waals surface area contributed by atoms with Crippen LogP contribution in [0.3, 0.4) is 0 Å². The Morgan fingerprint density at radius 1 is 1.14 bits per heavy atom. The van der Waals surface area contributed by atoms with E-state index in [1.165, 1.54) is 15.6 Å². The molecule has 148 valence electrons. The van der Waals surface area contributed by atoms with Crippen LogP contribution < -0.4 is 0 Å². The summed E-state index contributed by atoms with van der Waals surface area (Å²) in [5.41, 5.74) is 1.23. The molecular formula is C19H20N2O5S2. The maximum absolute atomic E-state index is 12.7. The summed E-state index contributed by atoms with van der Waals surface area (Å²) in [4.78, 5) is 27.2. The van der Waals surface area contributed by atoms with Gasteiger partial charge in [-0.15, -0.1) is 11.3 Å². The molecule has 1 fully saturated rings. The molecule has 0 N–H and O–H groups in total. The lowest BCUT2D eigenvalue weighted by molar-refractivity contribution is -0.134. The van der Waals surface area contributed by atoms with Gasteiger partial charge in [0.15, 0.2) is 0 Å². The van der Waals surface area contributed by atoms with Crippen LogP contribution in [0.15, 0.2) is 40.6 Å². The summed E-state index contributed by atoms with van der Waals surface area (Å²) in [6.07, 6.45) is -0.508. The summed E-state index contributed by atoms with van der Waals surface area (Å²) in [6, 6.07) is 10.5. The van der Waals surface area contributed by atoms with Gasteiger partial charge in [0.25, 0.3) is 10.0 Å². The number of piperazine rings is 1. The third-order valence-corrected chi connectivity index (χ3v) is 8.40. The Hall–Kier alpha value is -2.23. The first kappa shape index (κ1) is 19.1. The maximum Gasteiger partial charge on any atom is 0.339 e. The molecule has 2 aliphatic rings. The number of hydrogen-bond acceptors (Lipinski definition) is 6. The highest BCUT2D eigenvalue weighted by Crippen LogP contribution is 2.33. The Morgan fingerprint density at radius 3 is 2.54 bits per heavy atom. The second kappa shape index (κ2) is 7.31. The van der Waals surface area contributed by atoms with Crippen LogP contribution >= 0.6 is 11.3 Å². The number of sulfonamides is 1. The van der Waals surface area contributed by atoms with Crippen molar-refractivity contribution in [1.82, 2.24) is 9.21 Å². The molecule has 0 radical (unpaired) electrons. The lowest BCUT2D eigenvalue weighted by Gasteiger charge is -2.34. The molecule has 0 bridgehead atoms. The van der Waals surface area contributed by atoms with Gasteiger partial charge in [-0.1, -0.05) is 18.2 Å². The third-order valence-electron chi connectivity index (χ3n) is 5.04. The van der Waals surface area contributed by atoms with Crippen molar-refractivity contribution in [1.29, 1.82) is 0 Å². The smallest absolute Gasteiger partial charge is 0.339 e. The fourth-order valence-corrected chi connectivity index (χ4v) is 6.37. The molecule has 4 rings (SSSR count). The van der Waals surface area contributed by atoms with Crippen LogP contribution in [0.1, 0.15) is 33.3 Å². The average molecular weight is 421 g/mol. The predicted octanol–water partition coefficient (Wildman–Crippen LogP) is 2.19.